The van der Waals surface area contributed by atoms with Crippen LogP contribution < -0.4 is 5.32 Å². The number of ether oxygens (including phenoxy) is 2. The standard InChI is InChI=1S/C14H20ClNO3/c1-16-12(11-3-5-18-13(11)15)10-2-6-19-14(8-10)4-7-17-9-14/h3,5,10,12,16H,2,4,6-9H2,1H3. The number of rotatable bonds is 3. The van der Waals surface area contributed by atoms with Gasteiger partial charge in [-0.3, -0.25) is 0 Å². The zero-order valence-corrected chi connectivity index (χ0v) is 11.9. The van der Waals surface area contributed by atoms with Crippen LogP contribution in [-0.2, 0) is 9.47 Å². The first-order chi connectivity index (χ1) is 9.24. The Balaban J connectivity index is 1.78. The monoisotopic (exact) mass is 285 g/mol. The summed E-state index contributed by atoms with van der Waals surface area (Å²) in [4.78, 5) is 0. The Labute approximate surface area is 118 Å². The summed E-state index contributed by atoms with van der Waals surface area (Å²) in [5.74, 6) is 0.496. The van der Waals surface area contributed by atoms with E-state index < -0.39 is 0 Å². The first-order valence-electron chi connectivity index (χ1n) is 6.86. The van der Waals surface area contributed by atoms with Crippen LogP contribution in [0.25, 0.3) is 0 Å². The molecule has 2 saturated heterocycles. The van der Waals surface area contributed by atoms with E-state index in [0.717, 1.165) is 44.6 Å². The zero-order valence-electron chi connectivity index (χ0n) is 11.2. The van der Waals surface area contributed by atoms with Gasteiger partial charge in [-0.1, -0.05) is 0 Å². The summed E-state index contributed by atoms with van der Waals surface area (Å²) in [5.41, 5.74) is 0.971. The Morgan fingerprint density at radius 3 is 3.00 bits per heavy atom. The van der Waals surface area contributed by atoms with Crippen LogP contribution in [0.5, 0.6) is 0 Å². The lowest BCUT2D eigenvalue weighted by atomic mass is 9.79. The van der Waals surface area contributed by atoms with Crippen LogP contribution in [-0.4, -0.2) is 32.5 Å². The molecule has 19 heavy (non-hydrogen) atoms. The van der Waals surface area contributed by atoms with E-state index in [4.69, 9.17) is 25.5 Å². The molecule has 0 saturated carbocycles. The maximum atomic E-state index is 6.12. The highest BCUT2D eigenvalue weighted by Gasteiger charge is 2.43. The fourth-order valence-electron chi connectivity index (χ4n) is 3.39. The first kappa shape index (κ1) is 13.4. The van der Waals surface area contributed by atoms with Crippen molar-refractivity contribution in [2.45, 2.75) is 30.9 Å². The van der Waals surface area contributed by atoms with E-state index in [2.05, 4.69) is 5.32 Å². The third-order valence-corrected chi connectivity index (χ3v) is 4.67. The highest BCUT2D eigenvalue weighted by Crippen LogP contribution is 2.42. The third kappa shape index (κ3) is 2.55. The molecule has 3 atom stereocenters. The second kappa shape index (κ2) is 5.44. The molecular weight excluding hydrogens is 266 g/mol. The predicted molar refractivity (Wildman–Crippen MR) is 72.4 cm³/mol. The summed E-state index contributed by atoms with van der Waals surface area (Å²) in [5, 5.41) is 3.87. The molecule has 0 aromatic carbocycles. The number of halogens is 1. The van der Waals surface area contributed by atoms with Crippen LogP contribution in [0.1, 0.15) is 30.9 Å². The van der Waals surface area contributed by atoms with Crippen molar-refractivity contribution in [2.24, 2.45) is 5.92 Å². The molecule has 1 aromatic rings. The Morgan fingerprint density at radius 2 is 2.37 bits per heavy atom. The molecule has 4 nitrogen and oxygen atoms in total. The topological polar surface area (TPSA) is 43.6 Å². The Morgan fingerprint density at radius 1 is 1.47 bits per heavy atom. The molecule has 3 rings (SSSR count). The van der Waals surface area contributed by atoms with E-state index >= 15 is 0 Å². The number of furan rings is 1. The lowest BCUT2D eigenvalue weighted by molar-refractivity contribution is -0.103. The van der Waals surface area contributed by atoms with Crippen LogP contribution in [0.4, 0.5) is 0 Å². The van der Waals surface area contributed by atoms with Crippen molar-refractivity contribution in [2.75, 3.05) is 26.9 Å². The van der Waals surface area contributed by atoms with Gasteiger partial charge in [0, 0.05) is 31.2 Å². The van der Waals surface area contributed by atoms with Gasteiger partial charge >= 0.3 is 0 Å². The predicted octanol–water partition coefficient (Wildman–Crippen LogP) is 2.78. The van der Waals surface area contributed by atoms with Gasteiger partial charge in [-0.15, -0.1) is 0 Å². The highest BCUT2D eigenvalue weighted by atomic mass is 35.5. The van der Waals surface area contributed by atoms with E-state index in [-0.39, 0.29) is 11.6 Å². The average Bonchev–Trinajstić information content (AvgIpc) is 3.02. The molecule has 2 aliphatic heterocycles. The molecule has 0 radical (unpaired) electrons. The molecule has 1 spiro atoms. The van der Waals surface area contributed by atoms with Gasteiger partial charge in [0.2, 0.25) is 0 Å². The molecule has 2 aliphatic rings. The summed E-state index contributed by atoms with van der Waals surface area (Å²) in [6, 6.07) is 2.17. The highest BCUT2D eigenvalue weighted by molar-refractivity contribution is 6.29. The quantitative estimate of drug-likeness (QED) is 0.927. The minimum absolute atomic E-state index is 0.0752. The molecule has 0 amide bonds. The number of hydrogen-bond acceptors (Lipinski definition) is 4. The second-order valence-corrected chi connectivity index (χ2v) is 5.85. The maximum Gasteiger partial charge on any atom is 0.197 e. The summed E-state index contributed by atoms with van der Waals surface area (Å²) in [7, 11) is 1.97. The summed E-state index contributed by atoms with van der Waals surface area (Å²) in [6.07, 6.45) is 4.70. The van der Waals surface area contributed by atoms with Crippen LogP contribution in [0, 0.1) is 5.92 Å². The fraction of sp³-hybridized carbons (Fsp3) is 0.714. The largest absolute Gasteiger partial charge is 0.453 e. The van der Waals surface area contributed by atoms with Crippen molar-refractivity contribution < 1.29 is 13.9 Å². The van der Waals surface area contributed by atoms with Gasteiger partial charge < -0.3 is 19.2 Å². The lowest BCUT2D eigenvalue weighted by Gasteiger charge is -2.40. The van der Waals surface area contributed by atoms with Crippen molar-refractivity contribution >= 4 is 11.6 Å². The fourth-order valence-corrected chi connectivity index (χ4v) is 3.62. The van der Waals surface area contributed by atoms with Crippen molar-refractivity contribution in [3.8, 4) is 0 Å². The summed E-state index contributed by atoms with van der Waals surface area (Å²) in [6.45, 7) is 2.32. The van der Waals surface area contributed by atoms with Crippen LogP contribution in [0.15, 0.2) is 16.7 Å². The average molecular weight is 286 g/mol. The van der Waals surface area contributed by atoms with E-state index in [1.54, 1.807) is 6.26 Å². The van der Waals surface area contributed by atoms with Crippen LogP contribution in [0.2, 0.25) is 5.22 Å². The molecule has 3 unspecified atom stereocenters. The summed E-state index contributed by atoms with van der Waals surface area (Å²) < 4.78 is 16.7. The first-order valence-corrected chi connectivity index (χ1v) is 7.24. The van der Waals surface area contributed by atoms with Gasteiger partial charge in [0.25, 0.3) is 0 Å². The van der Waals surface area contributed by atoms with E-state index in [0.29, 0.717) is 11.1 Å². The molecule has 0 aliphatic carbocycles. The van der Waals surface area contributed by atoms with Gasteiger partial charge in [0.1, 0.15) is 0 Å². The lowest BCUT2D eigenvalue weighted by Crippen LogP contribution is -2.43. The summed E-state index contributed by atoms with van der Waals surface area (Å²) >= 11 is 6.12. The second-order valence-electron chi connectivity index (χ2n) is 5.50. The van der Waals surface area contributed by atoms with Gasteiger partial charge in [-0.25, -0.2) is 0 Å². The molecule has 3 heterocycles. The SMILES string of the molecule is CNC(c1ccoc1Cl)C1CCOC2(CCOC2)C1. The van der Waals surface area contributed by atoms with Crippen molar-refractivity contribution in [1.82, 2.24) is 5.32 Å². The Kier molecular flexibility index (Phi) is 3.85. The molecule has 1 N–H and O–H groups in total. The van der Waals surface area contributed by atoms with Crippen LogP contribution >= 0.6 is 11.6 Å². The molecule has 0 bridgehead atoms. The maximum absolute atomic E-state index is 6.12. The normalized spacial score (nSPS) is 32.8. The number of hydrogen-bond donors (Lipinski definition) is 1. The third-order valence-electron chi connectivity index (χ3n) is 4.36. The van der Waals surface area contributed by atoms with Gasteiger partial charge in [-0.05, 0) is 43.5 Å². The molecule has 2 fully saturated rings. The molecule has 1 aromatic heterocycles. The smallest absolute Gasteiger partial charge is 0.197 e. The molecule has 106 valence electrons. The van der Waals surface area contributed by atoms with Crippen molar-refractivity contribution in [1.29, 1.82) is 0 Å². The van der Waals surface area contributed by atoms with Crippen molar-refractivity contribution in [3.05, 3.63) is 23.1 Å². The Hall–Kier alpha value is -0.550. The van der Waals surface area contributed by atoms with Gasteiger partial charge in [0.15, 0.2) is 5.22 Å². The molecular formula is C14H20ClNO3. The molecule has 5 heteroatoms. The van der Waals surface area contributed by atoms with Crippen LogP contribution in [0.3, 0.4) is 0 Å². The van der Waals surface area contributed by atoms with E-state index in [1.165, 1.54) is 0 Å². The van der Waals surface area contributed by atoms with Gasteiger partial charge in [-0.2, -0.15) is 0 Å². The number of nitrogens with one attached hydrogen (secondary N) is 1. The van der Waals surface area contributed by atoms with E-state index in [9.17, 15) is 0 Å². The van der Waals surface area contributed by atoms with Gasteiger partial charge in [0.05, 0.1) is 18.5 Å². The minimum Gasteiger partial charge on any atom is -0.453 e. The zero-order chi connectivity index (χ0) is 13.3. The Bertz CT molecular complexity index is 428. The van der Waals surface area contributed by atoms with E-state index in [1.807, 2.05) is 13.1 Å². The van der Waals surface area contributed by atoms with Crippen molar-refractivity contribution in [3.63, 3.8) is 0 Å². The minimum atomic E-state index is -0.0752.